The molecule has 6 rings (SSSR count). The van der Waals surface area contributed by atoms with Crippen LogP contribution in [0, 0.1) is 33.1 Å². The van der Waals surface area contributed by atoms with E-state index in [4.69, 9.17) is 20.8 Å². The maximum Gasteiger partial charge on any atom is 0.246 e. The molecule has 65 heavy (non-hydrogen) atoms. The Balaban J connectivity index is 1.01. The number of nitrogens with two attached hydrogens (primary N) is 2. The van der Waals surface area contributed by atoms with Crippen LogP contribution in [0.25, 0.3) is 21.6 Å². The highest BCUT2D eigenvalue weighted by Crippen LogP contribution is 2.36. The van der Waals surface area contributed by atoms with Gasteiger partial charge in [0, 0.05) is 49.0 Å². The predicted molar refractivity (Wildman–Crippen MR) is 259 cm³/mol. The Morgan fingerprint density at radius 1 is 0.954 bits per heavy atom. The van der Waals surface area contributed by atoms with Crippen molar-refractivity contribution in [3.8, 4) is 21.6 Å². The minimum Gasteiger partial charge on any atom is -0.403 e. The van der Waals surface area contributed by atoms with Crippen LogP contribution in [-0.4, -0.2) is 71.1 Å². The van der Waals surface area contributed by atoms with Gasteiger partial charge in [0.2, 0.25) is 17.7 Å². The smallest absolute Gasteiger partial charge is 0.246 e. The summed E-state index contributed by atoms with van der Waals surface area (Å²) in [5.74, 6) is 6.07. The number of ether oxygens (including phenoxy) is 1. The van der Waals surface area contributed by atoms with E-state index < -0.39 is 17.5 Å². The summed E-state index contributed by atoms with van der Waals surface area (Å²) in [7, 11) is 0. The Hall–Kier alpha value is -6.03. The molecule has 2 aromatic heterocycles. The van der Waals surface area contributed by atoms with Crippen molar-refractivity contribution in [1.82, 2.24) is 25.7 Å². The molecule has 15 heteroatoms. The summed E-state index contributed by atoms with van der Waals surface area (Å²) in [5.41, 5.74) is 16.7. The van der Waals surface area contributed by atoms with Crippen molar-refractivity contribution in [1.29, 1.82) is 0 Å². The molecule has 1 saturated heterocycles. The van der Waals surface area contributed by atoms with E-state index in [2.05, 4.69) is 50.8 Å². The second kappa shape index (κ2) is 21.8. The molecular formula is C50H65N9O5S. The largest absolute Gasteiger partial charge is 0.403 e. The van der Waals surface area contributed by atoms with Gasteiger partial charge in [0.05, 0.1) is 33.5 Å². The van der Waals surface area contributed by atoms with Crippen LogP contribution in [0.4, 0.5) is 17.1 Å². The lowest BCUT2D eigenvalue weighted by molar-refractivity contribution is -0.144. The number of rotatable bonds is 19. The van der Waals surface area contributed by atoms with Gasteiger partial charge >= 0.3 is 0 Å². The van der Waals surface area contributed by atoms with Crippen LogP contribution >= 0.6 is 11.3 Å². The first-order chi connectivity index (χ1) is 31.1. The molecule has 1 aliphatic heterocycles. The highest BCUT2D eigenvalue weighted by atomic mass is 32.1. The third-order valence-corrected chi connectivity index (χ3v) is 12.9. The number of benzene rings is 3. The van der Waals surface area contributed by atoms with Gasteiger partial charge in [-0.15, -0.1) is 11.3 Å². The molecule has 0 saturated carbocycles. The van der Waals surface area contributed by atoms with E-state index in [9.17, 15) is 14.4 Å². The highest BCUT2D eigenvalue weighted by molar-refractivity contribution is 7.13. The van der Waals surface area contributed by atoms with Gasteiger partial charge < -0.3 is 35.4 Å². The van der Waals surface area contributed by atoms with Crippen LogP contribution in [0.5, 0.6) is 0 Å². The zero-order valence-electron chi connectivity index (χ0n) is 39.0. The third-order valence-electron chi connectivity index (χ3n) is 12.0. The van der Waals surface area contributed by atoms with E-state index in [-0.39, 0.29) is 30.4 Å². The zero-order valence-corrected chi connectivity index (χ0v) is 39.8. The number of hydrogen-bond donors (Lipinski definition) is 4. The number of hydrazine groups is 1. The van der Waals surface area contributed by atoms with Gasteiger partial charge in [-0.05, 0) is 125 Å². The number of likely N-dealkylation sites (tertiary alicyclic amines) is 1. The minimum absolute atomic E-state index is 0.174. The zero-order chi connectivity index (χ0) is 46.8. The summed E-state index contributed by atoms with van der Waals surface area (Å²) in [5, 5.41) is 11.7. The number of aryl methyl sites for hydroxylation is 4. The van der Waals surface area contributed by atoms with Gasteiger partial charge in [0.25, 0.3) is 0 Å². The van der Waals surface area contributed by atoms with E-state index in [0.717, 1.165) is 92.7 Å². The van der Waals surface area contributed by atoms with Crippen molar-refractivity contribution in [3.63, 3.8) is 0 Å². The quantitative estimate of drug-likeness (QED) is 0.0354. The Morgan fingerprint density at radius 2 is 1.66 bits per heavy atom. The lowest BCUT2D eigenvalue weighted by atomic mass is 9.85. The fourth-order valence-electron chi connectivity index (χ4n) is 8.35. The molecule has 5 aromatic rings. The van der Waals surface area contributed by atoms with Crippen molar-refractivity contribution in [2.24, 2.45) is 17.0 Å². The molecule has 0 aliphatic carbocycles. The maximum atomic E-state index is 14.1. The molecule has 0 unspecified atom stereocenters. The lowest BCUT2D eigenvalue weighted by Gasteiger charge is -2.35. The molecule has 3 heterocycles. The van der Waals surface area contributed by atoms with E-state index in [1.54, 1.807) is 22.4 Å². The van der Waals surface area contributed by atoms with Gasteiger partial charge in [-0.25, -0.2) is 10.8 Å². The number of amides is 3. The van der Waals surface area contributed by atoms with Gasteiger partial charge in [-0.3, -0.25) is 19.4 Å². The molecule has 1 aliphatic rings. The van der Waals surface area contributed by atoms with Crippen LogP contribution in [0.15, 0.2) is 89.2 Å². The van der Waals surface area contributed by atoms with Crippen molar-refractivity contribution >= 4 is 46.1 Å². The third kappa shape index (κ3) is 12.0. The molecule has 0 bridgehead atoms. The van der Waals surface area contributed by atoms with Crippen molar-refractivity contribution < 1.29 is 23.6 Å². The van der Waals surface area contributed by atoms with Crippen molar-refractivity contribution in [2.45, 2.75) is 106 Å². The summed E-state index contributed by atoms with van der Waals surface area (Å²) in [6.07, 6.45) is 6.70. The Labute approximate surface area is 387 Å². The summed E-state index contributed by atoms with van der Waals surface area (Å²) in [6.45, 7) is 17.1. The second-order valence-corrected chi connectivity index (χ2v) is 18.8. The average Bonchev–Trinajstić information content (AvgIpc) is 4.04. The molecule has 6 N–H and O–H groups in total. The first kappa shape index (κ1) is 48.4. The number of aromatic nitrogens is 2. The second-order valence-electron chi connectivity index (χ2n) is 17.9. The Kier molecular flexibility index (Phi) is 16.2. The van der Waals surface area contributed by atoms with Crippen LogP contribution in [0.3, 0.4) is 0 Å². The standard InChI is InChI=1S/C50H65N9O5S/c1-32-14-15-39(45-34(3)56-64-36(45)5)29-43(32)57(40-20-22-41(23-21-40)59(52)27-24-51)25-10-9-11-28-63-30-44(60)55-47(50(6,7)8)49(62)58-26-12-13-42(58)48(61)54-33(2)37-16-18-38(19-17-37)46-35(4)53-31-65-46/h14-24,27,29,31,33,42,47H,9-13,25-26,28,30,51-52H2,1-8H3,(H,54,61)(H,55,60)/b27-24-/t33-,42-,47+/m0/s1. The number of thiazole rings is 1. The van der Waals surface area contributed by atoms with Crippen LogP contribution in [0.2, 0.25) is 0 Å². The SMILES string of the molecule is Cc1ccc(-c2c(C)noc2C)cc1N(CCCCCOCC(=O)N[C@H](C(=O)N1CCC[C@H]1C(=O)N[C@@H](C)c1ccc(-c2scnc2C)cc1)C(C)(C)C)c1ccc(N(N)/C=C\N)cc1. The highest BCUT2D eigenvalue weighted by Gasteiger charge is 2.42. The molecule has 3 aromatic carbocycles. The minimum atomic E-state index is -0.836. The number of carbonyl (C=O) groups is 3. The molecule has 14 nitrogen and oxygen atoms in total. The van der Waals surface area contributed by atoms with Gasteiger partial charge in [0.1, 0.15) is 24.5 Å². The van der Waals surface area contributed by atoms with E-state index in [1.807, 2.05) is 103 Å². The average molecular weight is 904 g/mol. The molecule has 0 spiro atoms. The number of nitrogens with one attached hydrogen (secondary N) is 2. The normalized spacial score (nSPS) is 15.0. The van der Waals surface area contributed by atoms with E-state index >= 15 is 0 Å². The molecule has 3 amide bonds. The first-order valence-corrected chi connectivity index (χ1v) is 23.3. The number of hydrogen-bond acceptors (Lipinski definition) is 12. The molecule has 346 valence electrons. The molecule has 1 fully saturated rings. The first-order valence-electron chi connectivity index (χ1n) is 22.4. The van der Waals surface area contributed by atoms with Gasteiger partial charge in [0.15, 0.2) is 0 Å². The molecule has 0 radical (unpaired) electrons. The van der Waals surface area contributed by atoms with Crippen LogP contribution in [0.1, 0.15) is 94.1 Å². The number of nitrogens with zero attached hydrogens (tertiary/aromatic N) is 5. The van der Waals surface area contributed by atoms with Crippen molar-refractivity contribution in [3.05, 3.63) is 113 Å². The number of unbranched alkanes of at least 4 members (excludes halogenated alkanes) is 2. The molecular weight excluding hydrogens is 839 g/mol. The Morgan fingerprint density at radius 3 is 2.31 bits per heavy atom. The van der Waals surface area contributed by atoms with E-state index in [1.165, 1.54) is 11.2 Å². The summed E-state index contributed by atoms with van der Waals surface area (Å²) >= 11 is 1.60. The summed E-state index contributed by atoms with van der Waals surface area (Å²) in [6, 6.07) is 20.8. The monoisotopic (exact) mass is 903 g/mol. The maximum absolute atomic E-state index is 14.1. The summed E-state index contributed by atoms with van der Waals surface area (Å²) in [4.78, 5) is 50.5. The van der Waals surface area contributed by atoms with Gasteiger partial charge in [-0.2, -0.15) is 0 Å². The molecule has 3 atom stereocenters. The number of anilines is 3. The Bertz CT molecular complexity index is 2400. The van der Waals surface area contributed by atoms with Gasteiger partial charge in [-0.1, -0.05) is 62.3 Å². The fraction of sp³-hybridized carbons (Fsp3) is 0.420. The topological polar surface area (TPSA) is 185 Å². The summed E-state index contributed by atoms with van der Waals surface area (Å²) < 4.78 is 11.4. The predicted octanol–water partition coefficient (Wildman–Crippen LogP) is 8.53. The van der Waals surface area contributed by atoms with E-state index in [0.29, 0.717) is 26.0 Å². The van der Waals surface area contributed by atoms with Crippen molar-refractivity contribution in [2.75, 3.05) is 36.2 Å². The lowest BCUT2D eigenvalue weighted by Crippen LogP contribution is -2.58. The fourth-order valence-corrected chi connectivity index (χ4v) is 9.17. The van der Waals surface area contributed by atoms with Crippen LogP contribution in [-0.2, 0) is 19.1 Å². The number of carbonyl (C=O) groups excluding carboxylic acids is 3. The van der Waals surface area contributed by atoms with Crippen LogP contribution < -0.4 is 32.1 Å².